The van der Waals surface area contributed by atoms with Gasteiger partial charge in [0.2, 0.25) is 0 Å². The van der Waals surface area contributed by atoms with E-state index in [1.54, 1.807) is 25.1 Å². The number of nitrogen functional groups attached to an aromatic ring is 1. The molecule has 0 aliphatic rings. The Kier molecular flexibility index (Phi) is 3.90. The van der Waals surface area contributed by atoms with Gasteiger partial charge in [-0.25, -0.2) is 4.39 Å². The second-order valence-electron chi connectivity index (χ2n) is 4.27. The maximum atomic E-state index is 13.5. The van der Waals surface area contributed by atoms with E-state index in [4.69, 9.17) is 10.5 Å². The summed E-state index contributed by atoms with van der Waals surface area (Å²) >= 11 is 0. The maximum Gasteiger partial charge on any atom is 0.144 e. The van der Waals surface area contributed by atoms with E-state index in [-0.39, 0.29) is 5.82 Å². The topological polar surface area (TPSA) is 47.3 Å². The Balaban J connectivity index is 2.22. The number of hydrogen-bond donors (Lipinski definition) is 2. The zero-order valence-corrected chi connectivity index (χ0v) is 11.0. The summed E-state index contributed by atoms with van der Waals surface area (Å²) in [5.74, 6) is 0.394. The Morgan fingerprint density at radius 3 is 2.53 bits per heavy atom. The summed E-state index contributed by atoms with van der Waals surface area (Å²) in [6.45, 7) is 4.18. The van der Waals surface area contributed by atoms with Gasteiger partial charge < -0.3 is 15.8 Å². The highest BCUT2D eigenvalue weighted by Crippen LogP contribution is 2.27. The van der Waals surface area contributed by atoms with E-state index in [0.29, 0.717) is 29.3 Å². The van der Waals surface area contributed by atoms with E-state index in [1.165, 1.54) is 6.07 Å². The molecule has 0 amide bonds. The molecular formula is C15H17FN2O. The van der Waals surface area contributed by atoms with Crippen molar-refractivity contribution in [3.63, 3.8) is 0 Å². The molecule has 0 saturated carbocycles. The highest BCUT2D eigenvalue weighted by Gasteiger charge is 2.04. The first-order valence-electron chi connectivity index (χ1n) is 6.15. The SMILES string of the molecule is CCOc1cc(Nc2ccc(C)c(F)c2)ccc1N. The Morgan fingerprint density at radius 1 is 1.16 bits per heavy atom. The van der Waals surface area contributed by atoms with Crippen molar-refractivity contribution >= 4 is 17.1 Å². The van der Waals surface area contributed by atoms with Crippen molar-refractivity contribution in [3.05, 3.63) is 47.8 Å². The van der Waals surface area contributed by atoms with Crippen LogP contribution in [0, 0.1) is 12.7 Å². The molecule has 2 rings (SSSR count). The molecule has 0 atom stereocenters. The van der Waals surface area contributed by atoms with E-state index in [1.807, 2.05) is 19.1 Å². The van der Waals surface area contributed by atoms with Gasteiger partial charge in [0, 0.05) is 17.4 Å². The average Bonchev–Trinajstić information content (AvgIpc) is 2.38. The lowest BCUT2D eigenvalue weighted by molar-refractivity contribution is 0.342. The van der Waals surface area contributed by atoms with Crippen LogP contribution in [0.25, 0.3) is 0 Å². The van der Waals surface area contributed by atoms with Crippen molar-refractivity contribution in [2.75, 3.05) is 17.7 Å². The third kappa shape index (κ3) is 3.16. The predicted octanol–water partition coefficient (Wildman–Crippen LogP) is 3.86. The number of halogens is 1. The summed E-state index contributed by atoms with van der Waals surface area (Å²) in [6.07, 6.45) is 0. The number of rotatable bonds is 4. The number of aryl methyl sites for hydroxylation is 1. The first-order chi connectivity index (χ1) is 9.10. The molecule has 2 aromatic rings. The van der Waals surface area contributed by atoms with Crippen molar-refractivity contribution in [2.45, 2.75) is 13.8 Å². The van der Waals surface area contributed by atoms with Crippen LogP contribution in [0.5, 0.6) is 5.75 Å². The van der Waals surface area contributed by atoms with Gasteiger partial charge in [-0.1, -0.05) is 6.07 Å². The minimum Gasteiger partial charge on any atom is -0.492 e. The van der Waals surface area contributed by atoms with E-state index in [9.17, 15) is 4.39 Å². The second-order valence-corrected chi connectivity index (χ2v) is 4.27. The van der Waals surface area contributed by atoms with Gasteiger partial charge in [0.1, 0.15) is 11.6 Å². The lowest BCUT2D eigenvalue weighted by Crippen LogP contribution is -1.98. The van der Waals surface area contributed by atoms with Crippen LogP contribution in [0.4, 0.5) is 21.5 Å². The molecule has 0 saturated heterocycles. The molecule has 0 unspecified atom stereocenters. The molecule has 2 aromatic carbocycles. The summed E-state index contributed by atoms with van der Waals surface area (Å²) < 4.78 is 18.9. The summed E-state index contributed by atoms with van der Waals surface area (Å²) in [4.78, 5) is 0. The molecule has 0 radical (unpaired) electrons. The molecule has 0 aliphatic heterocycles. The van der Waals surface area contributed by atoms with Gasteiger partial charge in [-0.2, -0.15) is 0 Å². The first-order valence-corrected chi connectivity index (χ1v) is 6.15. The normalized spacial score (nSPS) is 10.3. The smallest absolute Gasteiger partial charge is 0.144 e. The lowest BCUT2D eigenvalue weighted by atomic mass is 10.2. The molecule has 19 heavy (non-hydrogen) atoms. The molecule has 0 heterocycles. The van der Waals surface area contributed by atoms with Crippen LogP contribution >= 0.6 is 0 Å². The summed E-state index contributed by atoms with van der Waals surface area (Å²) in [7, 11) is 0. The zero-order chi connectivity index (χ0) is 13.8. The van der Waals surface area contributed by atoms with Crippen molar-refractivity contribution in [3.8, 4) is 5.75 Å². The van der Waals surface area contributed by atoms with Crippen LogP contribution in [0.3, 0.4) is 0 Å². The Bertz CT molecular complexity index is 584. The van der Waals surface area contributed by atoms with Crippen molar-refractivity contribution in [2.24, 2.45) is 0 Å². The monoisotopic (exact) mass is 260 g/mol. The molecule has 3 N–H and O–H groups in total. The molecule has 3 nitrogen and oxygen atoms in total. The van der Waals surface area contributed by atoms with E-state index < -0.39 is 0 Å². The van der Waals surface area contributed by atoms with Crippen LogP contribution in [0.2, 0.25) is 0 Å². The van der Waals surface area contributed by atoms with Gasteiger partial charge in [-0.05, 0) is 43.7 Å². The number of nitrogens with one attached hydrogen (secondary N) is 1. The van der Waals surface area contributed by atoms with E-state index >= 15 is 0 Å². The fourth-order valence-electron chi connectivity index (χ4n) is 1.73. The van der Waals surface area contributed by atoms with Gasteiger partial charge >= 0.3 is 0 Å². The maximum absolute atomic E-state index is 13.5. The van der Waals surface area contributed by atoms with Crippen LogP contribution in [-0.2, 0) is 0 Å². The Morgan fingerprint density at radius 2 is 1.84 bits per heavy atom. The van der Waals surface area contributed by atoms with Crippen molar-refractivity contribution in [1.82, 2.24) is 0 Å². The lowest BCUT2D eigenvalue weighted by Gasteiger charge is -2.11. The number of hydrogen-bond acceptors (Lipinski definition) is 3. The van der Waals surface area contributed by atoms with Gasteiger partial charge in [0.05, 0.1) is 12.3 Å². The third-order valence-corrected chi connectivity index (χ3v) is 2.77. The molecule has 0 aromatic heterocycles. The highest BCUT2D eigenvalue weighted by atomic mass is 19.1. The zero-order valence-electron chi connectivity index (χ0n) is 11.0. The van der Waals surface area contributed by atoms with Gasteiger partial charge in [-0.3, -0.25) is 0 Å². The minimum absolute atomic E-state index is 0.231. The molecule has 0 spiro atoms. The Hall–Kier alpha value is -2.23. The Labute approximate surface area is 112 Å². The summed E-state index contributed by atoms with van der Waals surface area (Å²) in [5.41, 5.74) is 8.51. The largest absolute Gasteiger partial charge is 0.492 e. The fourth-order valence-corrected chi connectivity index (χ4v) is 1.73. The molecule has 4 heteroatoms. The van der Waals surface area contributed by atoms with E-state index in [2.05, 4.69) is 5.32 Å². The van der Waals surface area contributed by atoms with Gasteiger partial charge in [-0.15, -0.1) is 0 Å². The number of anilines is 3. The summed E-state index contributed by atoms with van der Waals surface area (Å²) in [6, 6.07) is 10.4. The average molecular weight is 260 g/mol. The van der Waals surface area contributed by atoms with Crippen LogP contribution < -0.4 is 15.8 Å². The standard InChI is InChI=1S/C15H17FN2O/c1-3-19-15-9-12(6-7-14(15)17)18-11-5-4-10(2)13(16)8-11/h4-9,18H,3,17H2,1-2H3. The van der Waals surface area contributed by atoms with E-state index in [0.717, 1.165) is 5.69 Å². The number of ether oxygens (including phenoxy) is 1. The van der Waals surface area contributed by atoms with Gasteiger partial charge in [0.15, 0.2) is 0 Å². The van der Waals surface area contributed by atoms with Crippen LogP contribution in [-0.4, -0.2) is 6.61 Å². The molecule has 0 fully saturated rings. The van der Waals surface area contributed by atoms with Crippen LogP contribution in [0.1, 0.15) is 12.5 Å². The molecule has 0 aliphatic carbocycles. The second kappa shape index (κ2) is 5.61. The first kappa shape index (κ1) is 13.2. The van der Waals surface area contributed by atoms with Gasteiger partial charge in [0.25, 0.3) is 0 Å². The number of benzene rings is 2. The fraction of sp³-hybridized carbons (Fsp3) is 0.200. The quantitative estimate of drug-likeness (QED) is 0.821. The number of nitrogens with two attached hydrogens (primary N) is 1. The van der Waals surface area contributed by atoms with Crippen LogP contribution in [0.15, 0.2) is 36.4 Å². The molecule has 100 valence electrons. The minimum atomic E-state index is -0.231. The molecular weight excluding hydrogens is 243 g/mol. The highest BCUT2D eigenvalue weighted by molar-refractivity contribution is 5.66. The van der Waals surface area contributed by atoms with Crippen molar-refractivity contribution < 1.29 is 9.13 Å². The predicted molar refractivity (Wildman–Crippen MR) is 76.4 cm³/mol. The third-order valence-electron chi connectivity index (χ3n) is 2.77. The van der Waals surface area contributed by atoms with Crippen molar-refractivity contribution in [1.29, 1.82) is 0 Å². The molecule has 0 bridgehead atoms. The summed E-state index contributed by atoms with van der Waals surface area (Å²) in [5, 5.41) is 3.12.